The summed E-state index contributed by atoms with van der Waals surface area (Å²) in [4.78, 5) is 23.0. The van der Waals surface area contributed by atoms with Crippen LogP contribution in [0.1, 0.15) is 36.6 Å². The van der Waals surface area contributed by atoms with Crippen molar-refractivity contribution in [3.63, 3.8) is 0 Å². The third kappa shape index (κ3) is 4.19. The molecule has 0 radical (unpaired) electrons. The average molecular weight is 374 g/mol. The monoisotopic (exact) mass is 374 g/mol. The number of benzene rings is 1. The molecular formula is C18H22N4O3S. The summed E-state index contributed by atoms with van der Waals surface area (Å²) in [7, 11) is -3.22. The lowest BCUT2D eigenvalue weighted by atomic mass is 10.1. The van der Waals surface area contributed by atoms with E-state index in [-0.39, 0.29) is 22.9 Å². The van der Waals surface area contributed by atoms with Crippen molar-refractivity contribution in [2.24, 2.45) is 0 Å². The Kier molecular flexibility index (Phi) is 5.22. The predicted octanol–water partition coefficient (Wildman–Crippen LogP) is 2.14. The molecule has 2 aromatic rings. The highest BCUT2D eigenvalue weighted by atomic mass is 32.2. The molecule has 1 fully saturated rings. The summed E-state index contributed by atoms with van der Waals surface area (Å²) in [5.41, 5.74) is 1.77. The minimum absolute atomic E-state index is 0.129. The van der Waals surface area contributed by atoms with Gasteiger partial charge in [-0.3, -0.25) is 9.97 Å². The number of sulfone groups is 1. The largest absolute Gasteiger partial charge is 0.331 e. The second-order valence-corrected chi connectivity index (χ2v) is 8.59. The minimum atomic E-state index is -3.22. The Bertz CT molecular complexity index is 869. The van der Waals surface area contributed by atoms with Gasteiger partial charge in [0.25, 0.3) is 0 Å². The van der Waals surface area contributed by atoms with Gasteiger partial charge in [0, 0.05) is 43.9 Å². The Morgan fingerprint density at radius 3 is 2.62 bits per heavy atom. The highest BCUT2D eigenvalue weighted by Gasteiger charge is 2.29. The number of likely N-dealkylation sites (tertiary alicyclic amines) is 1. The van der Waals surface area contributed by atoms with E-state index in [0.717, 1.165) is 17.7 Å². The van der Waals surface area contributed by atoms with E-state index in [4.69, 9.17) is 0 Å². The number of aromatic nitrogens is 2. The summed E-state index contributed by atoms with van der Waals surface area (Å²) in [6.45, 7) is 3.17. The molecule has 0 spiro atoms. The van der Waals surface area contributed by atoms with E-state index in [2.05, 4.69) is 15.3 Å². The summed E-state index contributed by atoms with van der Waals surface area (Å²) >= 11 is 0. The fourth-order valence-electron chi connectivity index (χ4n) is 3.07. The van der Waals surface area contributed by atoms with Crippen LogP contribution < -0.4 is 5.32 Å². The van der Waals surface area contributed by atoms with Crippen LogP contribution in [0.4, 0.5) is 4.79 Å². The van der Waals surface area contributed by atoms with E-state index in [0.29, 0.717) is 13.1 Å². The lowest BCUT2D eigenvalue weighted by Crippen LogP contribution is -2.39. The van der Waals surface area contributed by atoms with Crippen molar-refractivity contribution in [3.05, 3.63) is 54.1 Å². The van der Waals surface area contributed by atoms with Gasteiger partial charge in [-0.25, -0.2) is 13.2 Å². The molecule has 26 heavy (non-hydrogen) atoms. The lowest BCUT2D eigenvalue weighted by Gasteiger charge is -2.21. The minimum Gasteiger partial charge on any atom is -0.331 e. The first-order valence-corrected chi connectivity index (χ1v) is 10.3. The van der Waals surface area contributed by atoms with Gasteiger partial charge in [-0.05, 0) is 31.0 Å². The number of nitrogens with one attached hydrogen (secondary N) is 1. The van der Waals surface area contributed by atoms with Crippen molar-refractivity contribution in [3.8, 4) is 0 Å². The molecule has 1 aromatic carbocycles. The van der Waals surface area contributed by atoms with Crippen LogP contribution in [-0.2, 0) is 9.84 Å². The molecule has 1 N–H and O–H groups in total. The highest BCUT2D eigenvalue weighted by Crippen LogP contribution is 2.25. The molecule has 0 saturated carbocycles. The van der Waals surface area contributed by atoms with E-state index in [1.165, 1.54) is 6.26 Å². The maximum absolute atomic E-state index is 12.5. The number of carbonyl (C=O) groups excluding carboxylic acids is 1. The van der Waals surface area contributed by atoms with Gasteiger partial charge >= 0.3 is 6.03 Å². The second-order valence-electron chi connectivity index (χ2n) is 6.57. The smallest absolute Gasteiger partial charge is 0.317 e. The third-order valence-corrected chi connectivity index (χ3v) is 5.75. The zero-order chi connectivity index (χ0) is 18.7. The van der Waals surface area contributed by atoms with Crippen LogP contribution in [0.15, 0.2) is 47.8 Å². The normalized spacial score (nSPS) is 18.5. The van der Waals surface area contributed by atoms with E-state index in [1.807, 2.05) is 6.92 Å². The van der Waals surface area contributed by atoms with Gasteiger partial charge < -0.3 is 10.2 Å². The van der Waals surface area contributed by atoms with Crippen LogP contribution >= 0.6 is 0 Å². The van der Waals surface area contributed by atoms with Crippen molar-refractivity contribution >= 4 is 15.9 Å². The van der Waals surface area contributed by atoms with Crippen molar-refractivity contribution in [1.82, 2.24) is 20.2 Å². The van der Waals surface area contributed by atoms with Crippen LogP contribution in [0.25, 0.3) is 0 Å². The molecule has 8 heteroatoms. The molecule has 3 rings (SSSR count). The van der Waals surface area contributed by atoms with Crippen molar-refractivity contribution in [1.29, 1.82) is 0 Å². The topological polar surface area (TPSA) is 92.3 Å². The van der Waals surface area contributed by atoms with Crippen LogP contribution in [0.5, 0.6) is 0 Å². The fraction of sp³-hybridized carbons (Fsp3) is 0.389. The standard InChI is InChI=1S/C18H22N4O3S/c1-13(14-3-5-16(6-4-14)26(2,24)25)21-18(23)22-10-7-15(12-22)17-11-19-8-9-20-17/h3-6,8-9,11,13,15H,7,10,12H2,1-2H3,(H,21,23). The summed E-state index contributed by atoms with van der Waals surface area (Å²) in [5.74, 6) is 0.207. The summed E-state index contributed by atoms with van der Waals surface area (Å²) in [6, 6.07) is 6.24. The van der Waals surface area contributed by atoms with Crippen LogP contribution in [-0.4, -0.2) is 48.7 Å². The van der Waals surface area contributed by atoms with E-state index in [1.54, 1.807) is 47.8 Å². The maximum atomic E-state index is 12.5. The molecular weight excluding hydrogens is 352 g/mol. The number of hydrogen-bond donors (Lipinski definition) is 1. The SMILES string of the molecule is CC(NC(=O)N1CCC(c2cnccn2)C1)c1ccc(S(C)(=O)=O)cc1. The van der Waals surface area contributed by atoms with Crippen LogP contribution in [0, 0.1) is 0 Å². The Morgan fingerprint density at radius 2 is 2.00 bits per heavy atom. The zero-order valence-corrected chi connectivity index (χ0v) is 15.6. The van der Waals surface area contributed by atoms with Gasteiger partial charge in [-0.2, -0.15) is 0 Å². The van der Waals surface area contributed by atoms with Gasteiger partial charge in [0.05, 0.1) is 16.6 Å². The number of nitrogens with zero attached hydrogens (tertiary/aromatic N) is 3. The molecule has 138 valence electrons. The average Bonchev–Trinajstić information content (AvgIpc) is 3.12. The van der Waals surface area contributed by atoms with E-state index >= 15 is 0 Å². The molecule has 1 aliphatic rings. The molecule has 2 atom stereocenters. The number of carbonyl (C=O) groups is 1. The number of urea groups is 1. The van der Waals surface area contributed by atoms with Gasteiger partial charge in [0.1, 0.15) is 0 Å². The van der Waals surface area contributed by atoms with Crippen LogP contribution in [0.3, 0.4) is 0 Å². The Hall–Kier alpha value is -2.48. The van der Waals surface area contributed by atoms with Gasteiger partial charge in [0.15, 0.2) is 9.84 Å². The molecule has 1 aromatic heterocycles. The molecule has 7 nitrogen and oxygen atoms in total. The fourth-order valence-corrected chi connectivity index (χ4v) is 3.70. The number of rotatable bonds is 4. The first-order chi connectivity index (χ1) is 12.3. The Labute approximate surface area is 153 Å². The van der Waals surface area contributed by atoms with E-state index in [9.17, 15) is 13.2 Å². The summed E-state index contributed by atoms with van der Waals surface area (Å²) < 4.78 is 23.1. The molecule has 0 aliphatic carbocycles. The predicted molar refractivity (Wildman–Crippen MR) is 97.5 cm³/mol. The molecule has 2 heterocycles. The summed E-state index contributed by atoms with van der Waals surface area (Å²) in [6.07, 6.45) is 7.09. The van der Waals surface area contributed by atoms with Crippen molar-refractivity contribution < 1.29 is 13.2 Å². The second kappa shape index (κ2) is 7.41. The van der Waals surface area contributed by atoms with Gasteiger partial charge in [-0.1, -0.05) is 12.1 Å². The first kappa shape index (κ1) is 18.3. The number of amides is 2. The quantitative estimate of drug-likeness (QED) is 0.885. The Morgan fingerprint density at radius 1 is 1.27 bits per heavy atom. The zero-order valence-electron chi connectivity index (χ0n) is 14.8. The molecule has 0 bridgehead atoms. The Balaban J connectivity index is 1.59. The summed E-state index contributed by atoms with van der Waals surface area (Å²) in [5, 5.41) is 2.97. The third-order valence-electron chi connectivity index (χ3n) is 4.63. The highest BCUT2D eigenvalue weighted by molar-refractivity contribution is 7.90. The number of hydrogen-bond acceptors (Lipinski definition) is 5. The maximum Gasteiger partial charge on any atom is 0.317 e. The first-order valence-electron chi connectivity index (χ1n) is 8.46. The van der Waals surface area contributed by atoms with Crippen LogP contribution in [0.2, 0.25) is 0 Å². The molecule has 1 saturated heterocycles. The van der Waals surface area contributed by atoms with E-state index < -0.39 is 9.84 Å². The molecule has 2 amide bonds. The van der Waals surface area contributed by atoms with Crippen molar-refractivity contribution in [2.75, 3.05) is 19.3 Å². The van der Waals surface area contributed by atoms with Gasteiger partial charge in [-0.15, -0.1) is 0 Å². The molecule has 2 unspecified atom stereocenters. The lowest BCUT2D eigenvalue weighted by molar-refractivity contribution is 0.205. The van der Waals surface area contributed by atoms with Gasteiger partial charge in [0.2, 0.25) is 0 Å². The van der Waals surface area contributed by atoms with Crippen molar-refractivity contribution in [2.45, 2.75) is 30.2 Å². The molecule has 1 aliphatic heterocycles.